The monoisotopic (exact) mass is 207 g/mol. The van der Waals surface area contributed by atoms with Gasteiger partial charge in [0, 0.05) is 11.9 Å². The summed E-state index contributed by atoms with van der Waals surface area (Å²) in [6.45, 7) is 3.71. The van der Waals surface area contributed by atoms with E-state index in [0.717, 1.165) is 0 Å². The van der Waals surface area contributed by atoms with E-state index in [-0.39, 0.29) is 15.8 Å². The number of rotatable bonds is 2. The van der Waals surface area contributed by atoms with Crippen molar-refractivity contribution >= 4 is 29.2 Å². The van der Waals surface area contributed by atoms with Crippen molar-refractivity contribution in [1.29, 1.82) is 0 Å². The number of halogens is 2. The average molecular weight is 208 g/mol. The Morgan fingerprint density at radius 2 is 2.00 bits per heavy atom. The SMILES string of the molecule is CC1(C)[C@H](C=C(Cl)Cl)[C@@H]1C(=O)[O-]. The van der Waals surface area contributed by atoms with Gasteiger partial charge in [0.2, 0.25) is 0 Å². The minimum atomic E-state index is -1.03. The van der Waals surface area contributed by atoms with E-state index in [2.05, 4.69) is 0 Å². The van der Waals surface area contributed by atoms with Crippen LogP contribution in [0.3, 0.4) is 0 Å². The van der Waals surface area contributed by atoms with Gasteiger partial charge in [0.15, 0.2) is 0 Å². The van der Waals surface area contributed by atoms with E-state index in [1.807, 2.05) is 13.8 Å². The number of aliphatic carboxylic acids is 1. The first kappa shape index (κ1) is 9.87. The van der Waals surface area contributed by atoms with Crippen LogP contribution in [-0.2, 0) is 4.79 Å². The summed E-state index contributed by atoms with van der Waals surface area (Å²) in [5.74, 6) is -1.58. The molecule has 0 saturated heterocycles. The number of carbonyl (C=O) groups is 1. The van der Waals surface area contributed by atoms with Gasteiger partial charge in [-0.3, -0.25) is 0 Å². The lowest BCUT2D eigenvalue weighted by Gasteiger charge is -2.01. The van der Waals surface area contributed by atoms with Crippen LogP contribution in [0.1, 0.15) is 13.8 Å². The Bertz CT molecular complexity index is 241. The van der Waals surface area contributed by atoms with Gasteiger partial charge in [0.1, 0.15) is 4.49 Å². The third-order valence-corrected chi connectivity index (χ3v) is 2.72. The number of hydrogen-bond donors (Lipinski definition) is 0. The first-order valence-electron chi connectivity index (χ1n) is 3.61. The van der Waals surface area contributed by atoms with Crippen molar-refractivity contribution in [3.05, 3.63) is 10.6 Å². The molecule has 0 aromatic rings. The number of carboxylic acids is 1. The maximum atomic E-state index is 10.5. The molecule has 1 fully saturated rings. The summed E-state index contributed by atoms with van der Waals surface area (Å²) in [7, 11) is 0. The molecular formula is C8H9Cl2O2-. The minimum absolute atomic E-state index is 0.0903. The average Bonchev–Trinajstić information content (AvgIpc) is 2.32. The fourth-order valence-electron chi connectivity index (χ4n) is 1.57. The van der Waals surface area contributed by atoms with Gasteiger partial charge in [-0.2, -0.15) is 0 Å². The van der Waals surface area contributed by atoms with E-state index < -0.39 is 11.9 Å². The van der Waals surface area contributed by atoms with Crippen LogP contribution in [0, 0.1) is 17.3 Å². The molecule has 1 saturated carbocycles. The predicted octanol–water partition coefficient (Wildman–Crippen LogP) is 1.33. The van der Waals surface area contributed by atoms with Crippen LogP contribution in [0.5, 0.6) is 0 Å². The fraction of sp³-hybridized carbons (Fsp3) is 0.625. The lowest BCUT2D eigenvalue weighted by Crippen LogP contribution is -2.26. The second-order valence-corrected chi connectivity index (χ2v) is 4.61. The van der Waals surface area contributed by atoms with Crippen LogP contribution in [0.15, 0.2) is 10.6 Å². The van der Waals surface area contributed by atoms with Crippen molar-refractivity contribution < 1.29 is 9.90 Å². The molecule has 0 aromatic carbocycles. The second kappa shape index (κ2) is 2.93. The molecule has 2 atom stereocenters. The zero-order chi connectivity index (χ0) is 9.52. The molecule has 1 rings (SSSR count). The molecule has 0 bridgehead atoms. The molecule has 1 aliphatic rings. The maximum absolute atomic E-state index is 10.5. The van der Waals surface area contributed by atoms with Gasteiger partial charge >= 0.3 is 0 Å². The van der Waals surface area contributed by atoms with E-state index in [1.165, 1.54) is 0 Å². The minimum Gasteiger partial charge on any atom is -0.550 e. The van der Waals surface area contributed by atoms with E-state index in [0.29, 0.717) is 0 Å². The maximum Gasteiger partial charge on any atom is 0.103 e. The molecular weight excluding hydrogens is 199 g/mol. The Morgan fingerprint density at radius 1 is 1.50 bits per heavy atom. The Kier molecular flexibility index (Phi) is 2.41. The van der Waals surface area contributed by atoms with Crippen molar-refractivity contribution in [2.24, 2.45) is 17.3 Å². The van der Waals surface area contributed by atoms with Crippen molar-refractivity contribution in [2.45, 2.75) is 13.8 Å². The highest BCUT2D eigenvalue weighted by molar-refractivity contribution is 6.55. The molecule has 0 aromatic heterocycles. The first-order valence-corrected chi connectivity index (χ1v) is 4.36. The number of allylic oxidation sites excluding steroid dienone is 1. The van der Waals surface area contributed by atoms with E-state index >= 15 is 0 Å². The molecule has 0 N–H and O–H groups in total. The predicted molar refractivity (Wildman–Crippen MR) is 45.6 cm³/mol. The van der Waals surface area contributed by atoms with E-state index in [9.17, 15) is 9.90 Å². The summed E-state index contributed by atoms with van der Waals surface area (Å²) in [6.07, 6.45) is 1.56. The topological polar surface area (TPSA) is 40.1 Å². The fourth-order valence-corrected chi connectivity index (χ4v) is 1.85. The zero-order valence-corrected chi connectivity index (χ0v) is 8.32. The van der Waals surface area contributed by atoms with Crippen molar-refractivity contribution in [1.82, 2.24) is 0 Å². The summed E-state index contributed by atoms with van der Waals surface area (Å²) in [5, 5.41) is 10.5. The highest BCUT2D eigenvalue weighted by Crippen LogP contribution is 2.59. The van der Waals surface area contributed by atoms with Gasteiger partial charge in [-0.15, -0.1) is 0 Å². The second-order valence-electron chi connectivity index (χ2n) is 3.60. The third kappa shape index (κ3) is 1.59. The zero-order valence-electron chi connectivity index (χ0n) is 6.80. The summed E-state index contributed by atoms with van der Waals surface area (Å²) < 4.78 is 0.122. The molecule has 68 valence electrons. The Morgan fingerprint density at radius 3 is 2.25 bits per heavy atom. The molecule has 12 heavy (non-hydrogen) atoms. The van der Waals surface area contributed by atoms with E-state index in [4.69, 9.17) is 23.2 Å². The molecule has 4 heteroatoms. The molecule has 0 aliphatic heterocycles. The number of carboxylic acid groups (broad SMARTS) is 1. The summed E-state index contributed by atoms with van der Waals surface area (Å²) in [5.41, 5.74) is -0.270. The van der Waals surface area contributed by atoms with Gasteiger partial charge in [-0.05, 0) is 17.4 Å². The van der Waals surface area contributed by atoms with Crippen molar-refractivity contribution in [2.75, 3.05) is 0 Å². The van der Waals surface area contributed by atoms with Gasteiger partial charge < -0.3 is 9.90 Å². The molecule has 2 nitrogen and oxygen atoms in total. The Labute approximate surface area is 81.2 Å². The van der Waals surface area contributed by atoms with Crippen molar-refractivity contribution in [3.8, 4) is 0 Å². The normalized spacial score (nSPS) is 31.0. The summed E-state index contributed by atoms with van der Waals surface area (Å²) >= 11 is 10.8. The van der Waals surface area contributed by atoms with Crippen LogP contribution in [0.25, 0.3) is 0 Å². The number of carbonyl (C=O) groups excluding carboxylic acids is 1. The van der Waals surface area contributed by atoms with Gasteiger partial charge in [-0.25, -0.2) is 0 Å². The van der Waals surface area contributed by atoms with Crippen LogP contribution in [-0.4, -0.2) is 5.97 Å². The van der Waals surface area contributed by atoms with Crippen LogP contribution in [0.2, 0.25) is 0 Å². The molecule has 0 amide bonds. The Hall–Kier alpha value is -0.210. The van der Waals surface area contributed by atoms with Crippen LogP contribution < -0.4 is 5.11 Å². The van der Waals surface area contributed by atoms with Gasteiger partial charge in [0.25, 0.3) is 0 Å². The van der Waals surface area contributed by atoms with Crippen LogP contribution in [0.4, 0.5) is 0 Å². The molecule has 0 unspecified atom stereocenters. The molecule has 0 radical (unpaired) electrons. The third-order valence-electron chi connectivity index (χ3n) is 2.47. The molecule has 0 heterocycles. The highest BCUT2D eigenvalue weighted by Gasteiger charge is 2.57. The Balaban J connectivity index is 2.73. The largest absolute Gasteiger partial charge is 0.550 e. The quantitative estimate of drug-likeness (QED) is 0.686. The van der Waals surface area contributed by atoms with Crippen LogP contribution >= 0.6 is 23.2 Å². The lowest BCUT2D eigenvalue weighted by atomic mass is 10.1. The first-order chi connectivity index (χ1) is 5.37. The highest BCUT2D eigenvalue weighted by atomic mass is 35.5. The van der Waals surface area contributed by atoms with Gasteiger partial charge in [-0.1, -0.05) is 37.0 Å². The number of hydrogen-bond acceptors (Lipinski definition) is 2. The molecule has 1 aliphatic carbocycles. The standard InChI is InChI=1S/C8H10Cl2O2/c1-8(2)4(3-5(9)10)6(8)7(11)12/h3-4,6H,1-2H3,(H,11,12)/p-1/t4-,6-/m1/s1. The van der Waals surface area contributed by atoms with E-state index in [1.54, 1.807) is 6.08 Å². The van der Waals surface area contributed by atoms with Gasteiger partial charge in [0.05, 0.1) is 0 Å². The smallest absolute Gasteiger partial charge is 0.103 e. The molecule has 0 spiro atoms. The summed E-state index contributed by atoms with van der Waals surface area (Å²) in [4.78, 5) is 10.5. The van der Waals surface area contributed by atoms with Crippen molar-refractivity contribution in [3.63, 3.8) is 0 Å². The summed E-state index contributed by atoms with van der Waals surface area (Å²) in [6, 6.07) is 0. The lowest BCUT2D eigenvalue weighted by molar-refractivity contribution is -0.308.